The summed E-state index contributed by atoms with van der Waals surface area (Å²) in [6.45, 7) is 1.86. The van der Waals surface area contributed by atoms with E-state index in [2.05, 4.69) is 5.10 Å². The van der Waals surface area contributed by atoms with Gasteiger partial charge in [-0.1, -0.05) is 23.2 Å². The van der Waals surface area contributed by atoms with Gasteiger partial charge in [0.2, 0.25) is 0 Å². The Morgan fingerprint density at radius 1 is 1.44 bits per heavy atom. The Morgan fingerprint density at radius 2 is 2.12 bits per heavy atom. The van der Waals surface area contributed by atoms with Crippen LogP contribution in [-0.4, -0.2) is 11.7 Å². The SMILES string of the molecule is Cc1cc(Cl)c(Cl)c(N2N=C(N)CC2=O)c1. The van der Waals surface area contributed by atoms with Crippen LogP contribution < -0.4 is 10.7 Å². The zero-order chi connectivity index (χ0) is 11.9. The third-order valence-corrected chi connectivity index (χ3v) is 2.97. The van der Waals surface area contributed by atoms with Crippen LogP contribution >= 0.6 is 23.2 Å². The molecule has 1 aliphatic rings. The Bertz CT molecular complexity index is 499. The van der Waals surface area contributed by atoms with Crippen LogP contribution in [0.15, 0.2) is 17.2 Å². The van der Waals surface area contributed by atoms with Crippen LogP contribution in [0, 0.1) is 6.92 Å². The number of rotatable bonds is 1. The lowest BCUT2D eigenvalue weighted by atomic mass is 10.2. The van der Waals surface area contributed by atoms with Gasteiger partial charge < -0.3 is 5.73 Å². The predicted octanol–water partition coefficient (Wildman–Crippen LogP) is 2.31. The number of amidine groups is 1. The molecule has 16 heavy (non-hydrogen) atoms. The normalized spacial score (nSPS) is 15.6. The molecule has 0 aromatic heterocycles. The van der Waals surface area contributed by atoms with Gasteiger partial charge in [0.1, 0.15) is 5.84 Å². The molecule has 1 amide bonds. The average Bonchev–Trinajstić information content (AvgIpc) is 2.51. The van der Waals surface area contributed by atoms with Crippen molar-refractivity contribution in [2.24, 2.45) is 10.8 Å². The molecule has 6 heteroatoms. The van der Waals surface area contributed by atoms with Crippen LogP contribution in [0.3, 0.4) is 0 Å². The topological polar surface area (TPSA) is 58.7 Å². The van der Waals surface area contributed by atoms with Gasteiger partial charge in [-0.25, -0.2) is 0 Å². The van der Waals surface area contributed by atoms with E-state index in [1.165, 1.54) is 5.01 Å². The number of hydrogen-bond acceptors (Lipinski definition) is 3. The van der Waals surface area contributed by atoms with E-state index in [4.69, 9.17) is 28.9 Å². The minimum absolute atomic E-state index is 0.113. The molecule has 0 fully saturated rings. The van der Waals surface area contributed by atoms with Crippen molar-refractivity contribution >= 4 is 40.6 Å². The lowest BCUT2D eigenvalue weighted by molar-refractivity contribution is -0.116. The predicted molar refractivity (Wildman–Crippen MR) is 64.9 cm³/mol. The Hall–Kier alpha value is -1.26. The molecule has 0 saturated carbocycles. The molecular weight excluding hydrogens is 249 g/mol. The van der Waals surface area contributed by atoms with Crippen LogP contribution in [0.4, 0.5) is 5.69 Å². The van der Waals surface area contributed by atoms with Crippen LogP contribution in [0.5, 0.6) is 0 Å². The first-order chi connectivity index (χ1) is 7.49. The summed E-state index contributed by atoms with van der Waals surface area (Å²) in [5.41, 5.74) is 6.86. The monoisotopic (exact) mass is 257 g/mol. The Balaban J connectivity index is 2.52. The second-order valence-electron chi connectivity index (χ2n) is 3.55. The van der Waals surface area contributed by atoms with E-state index in [1.807, 2.05) is 6.92 Å². The number of halogens is 2. The van der Waals surface area contributed by atoms with E-state index in [0.717, 1.165) is 5.56 Å². The molecule has 1 aromatic carbocycles. The van der Waals surface area contributed by atoms with Crippen molar-refractivity contribution in [3.8, 4) is 0 Å². The number of nitrogens with two attached hydrogens (primary N) is 1. The van der Waals surface area contributed by atoms with Gasteiger partial charge in [0.25, 0.3) is 5.91 Å². The van der Waals surface area contributed by atoms with E-state index in [-0.39, 0.29) is 18.2 Å². The highest BCUT2D eigenvalue weighted by Crippen LogP contribution is 2.35. The molecule has 84 valence electrons. The number of anilines is 1. The lowest BCUT2D eigenvalue weighted by Crippen LogP contribution is -2.20. The zero-order valence-corrected chi connectivity index (χ0v) is 10.0. The number of carbonyl (C=O) groups is 1. The third-order valence-electron chi connectivity index (χ3n) is 2.18. The van der Waals surface area contributed by atoms with Crippen LogP contribution in [0.1, 0.15) is 12.0 Å². The second kappa shape index (κ2) is 3.96. The van der Waals surface area contributed by atoms with Crippen molar-refractivity contribution in [1.29, 1.82) is 0 Å². The molecule has 0 radical (unpaired) electrons. The van der Waals surface area contributed by atoms with Gasteiger partial charge in [0.15, 0.2) is 0 Å². The fourth-order valence-corrected chi connectivity index (χ4v) is 1.96. The van der Waals surface area contributed by atoms with Crippen molar-refractivity contribution < 1.29 is 4.79 Å². The number of benzene rings is 1. The van der Waals surface area contributed by atoms with Crippen LogP contribution in [-0.2, 0) is 4.79 Å². The van der Waals surface area contributed by atoms with Gasteiger partial charge >= 0.3 is 0 Å². The van der Waals surface area contributed by atoms with Crippen LogP contribution in [0.25, 0.3) is 0 Å². The first kappa shape index (κ1) is 11.2. The minimum atomic E-state index is -0.207. The fourth-order valence-electron chi connectivity index (χ4n) is 1.50. The van der Waals surface area contributed by atoms with E-state index in [1.54, 1.807) is 12.1 Å². The molecule has 1 aliphatic heterocycles. The van der Waals surface area contributed by atoms with E-state index >= 15 is 0 Å². The maximum Gasteiger partial charge on any atom is 0.255 e. The fraction of sp³-hybridized carbons (Fsp3) is 0.200. The number of hydrazone groups is 1. The molecule has 1 heterocycles. The first-order valence-electron chi connectivity index (χ1n) is 4.60. The third kappa shape index (κ3) is 1.86. The quantitative estimate of drug-likeness (QED) is 0.840. The highest BCUT2D eigenvalue weighted by molar-refractivity contribution is 6.44. The summed E-state index contributed by atoms with van der Waals surface area (Å²) >= 11 is 12.0. The van der Waals surface area contributed by atoms with Crippen molar-refractivity contribution in [1.82, 2.24) is 0 Å². The standard InChI is InChI=1S/C10H9Cl2N3O/c1-5-2-6(11)10(12)7(3-5)15-9(16)4-8(13)14-15/h2-3H,4H2,1H3,(H2,13,14). The molecule has 0 bridgehead atoms. The smallest absolute Gasteiger partial charge is 0.255 e. The summed E-state index contributed by atoms with van der Waals surface area (Å²) in [5.74, 6) is 0.0692. The number of nitrogens with zero attached hydrogens (tertiary/aromatic N) is 2. The number of carbonyl (C=O) groups excluding carboxylic acids is 1. The molecule has 0 spiro atoms. The van der Waals surface area contributed by atoms with E-state index in [0.29, 0.717) is 15.7 Å². The van der Waals surface area contributed by atoms with E-state index < -0.39 is 0 Å². The zero-order valence-electron chi connectivity index (χ0n) is 8.50. The molecule has 2 rings (SSSR count). The van der Waals surface area contributed by atoms with Gasteiger partial charge in [-0.05, 0) is 24.6 Å². The van der Waals surface area contributed by atoms with E-state index in [9.17, 15) is 4.79 Å². The molecule has 0 unspecified atom stereocenters. The molecule has 1 aromatic rings. The first-order valence-corrected chi connectivity index (χ1v) is 5.36. The summed E-state index contributed by atoms with van der Waals surface area (Å²) in [5, 5.41) is 5.81. The Kier molecular flexibility index (Phi) is 2.78. The van der Waals surface area contributed by atoms with Crippen molar-refractivity contribution in [2.75, 3.05) is 5.01 Å². The largest absolute Gasteiger partial charge is 0.385 e. The molecule has 0 aliphatic carbocycles. The molecule has 4 nitrogen and oxygen atoms in total. The minimum Gasteiger partial charge on any atom is -0.385 e. The highest BCUT2D eigenvalue weighted by atomic mass is 35.5. The summed E-state index contributed by atoms with van der Waals surface area (Å²) in [4.78, 5) is 11.6. The second-order valence-corrected chi connectivity index (χ2v) is 4.34. The van der Waals surface area contributed by atoms with Gasteiger partial charge in [-0.3, -0.25) is 4.79 Å². The van der Waals surface area contributed by atoms with Gasteiger partial charge in [-0.15, -0.1) is 0 Å². The maximum absolute atomic E-state index is 11.6. The maximum atomic E-state index is 11.6. The number of aryl methyl sites for hydroxylation is 1. The number of hydrogen-bond donors (Lipinski definition) is 1. The number of amides is 1. The molecule has 0 atom stereocenters. The molecule has 0 saturated heterocycles. The molecule has 2 N–H and O–H groups in total. The average molecular weight is 258 g/mol. The van der Waals surface area contributed by atoms with Crippen molar-refractivity contribution in [2.45, 2.75) is 13.3 Å². The summed E-state index contributed by atoms with van der Waals surface area (Å²) < 4.78 is 0. The summed E-state index contributed by atoms with van der Waals surface area (Å²) in [7, 11) is 0. The lowest BCUT2D eigenvalue weighted by Gasteiger charge is -2.14. The van der Waals surface area contributed by atoms with Crippen molar-refractivity contribution in [3.05, 3.63) is 27.7 Å². The van der Waals surface area contributed by atoms with Gasteiger partial charge in [-0.2, -0.15) is 10.1 Å². The van der Waals surface area contributed by atoms with Crippen LogP contribution in [0.2, 0.25) is 10.0 Å². The van der Waals surface area contributed by atoms with Crippen molar-refractivity contribution in [3.63, 3.8) is 0 Å². The highest BCUT2D eigenvalue weighted by Gasteiger charge is 2.26. The Morgan fingerprint density at radius 3 is 2.69 bits per heavy atom. The van der Waals surface area contributed by atoms with Gasteiger partial charge in [0, 0.05) is 0 Å². The Labute approximate surface area is 103 Å². The van der Waals surface area contributed by atoms with Gasteiger partial charge in [0.05, 0.1) is 22.2 Å². The molecular formula is C10H9Cl2N3O. The summed E-state index contributed by atoms with van der Waals surface area (Å²) in [6.07, 6.45) is 0.113. The summed E-state index contributed by atoms with van der Waals surface area (Å²) in [6, 6.07) is 3.47.